The maximum atomic E-state index is 7.31. The van der Waals surface area contributed by atoms with E-state index in [9.17, 15) is 0 Å². The Bertz CT molecular complexity index is 328. The number of hydrogen-bond donors (Lipinski definition) is 2. The Balaban J connectivity index is 3.18. The molecular formula is C10H17N3. The van der Waals surface area contributed by atoms with Crippen molar-refractivity contribution < 1.29 is 0 Å². The Morgan fingerprint density at radius 2 is 2.00 bits per heavy atom. The van der Waals surface area contributed by atoms with E-state index >= 15 is 0 Å². The SMILES string of the molecule is Cn1cc(C(=N)N)cc1C(C)(C)C. The minimum atomic E-state index is 0.0997. The molecule has 0 aliphatic rings. The van der Waals surface area contributed by atoms with Crippen LogP contribution in [0.5, 0.6) is 0 Å². The number of nitrogens with one attached hydrogen (secondary N) is 1. The molecule has 0 fully saturated rings. The van der Waals surface area contributed by atoms with Crippen LogP contribution in [0.15, 0.2) is 12.3 Å². The molecule has 3 nitrogen and oxygen atoms in total. The van der Waals surface area contributed by atoms with E-state index in [-0.39, 0.29) is 11.3 Å². The van der Waals surface area contributed by atoms with E-state index in [2.05, 4.69) is 20.8 Å². The highest BCUT2D eigenvalue weighted by Crippen LogP contribution is 2.23. The van der Waals surface area contributed by atoms with Gasteiger partial charge in [-0.3, -0.25) is 5.41 Å². The molecule has 0 aliphatic carbocycles. The monoisotopic (exact) mass is 179 g/mol. The number of hydrogen-bond acceptors (Lipinski definition) is 1. The second-order valence-electron chi connectivity index (χ2n) is 4.39. The van der Waals surface area contributed by atoms with Crippen LogP contribution in [0.2, 0.25) is 0 Å². The fourth-order valence-electron chi connectivity index (χ4n) is 1.46. The van der Waals surface area contributed by atoms with Crippen molar-refractivity contribution in [2.75, 3.05) is 0 Å². The highest BCUT2D eigenvalue weighted by atomic mass is 14.9. The van der Waals surface area contributed by atoms with E-state index in [1.807, 2.05) is 23.9 Å². The van der Waals surface area contributed by atoms with Crippen LogP contribution in [0.25, 0.3) is 0 Å². The van der Waals surface area contributed by atoms with Crippen LogP contribution in [0.4, 0.5) is 0 Å². The highest BCUT2D eigenvalue weighted by molar-refractivity contribution is 5.95. The minimum Gasteiger partial charge on any atom is -0.384 e. The zero-order valence-electron chi connectivity index (χ0n) is 8.68. The maximum Gasteiger partial charge on any atom is 0.124 e. The van der Waals surface area contributed by atoms with Crippen LogP contribution in [0.3, 0.4) is 0 Å². The molecule has 3 N–H and O–H groups in total. The van der Waals surface area contributed by atoms with Crippen LogP contribution in [-0.4, -0.2) is 10.4 Å². The molecule has 1 rings (SSSR count). The van der Waals surface area contributed by atoms with Crippen LogP contribution in [-0.2, 0) is 12.5 Å². The van der Waals surface area contributed by atoms with E-state index in [0.29, 0.717) is 0 Å². The van der Waals surface area contributed by atoms with Crippen molar-refractivity contribution in [1.82, 2.24) is 4.57 Å². The summed E-state index contributed by atoms with van der Waals surface area (Å²) in [6.45, 7) is 6.44. The van der Waals surface area contributed by atoms with Gasteiger partial charge in [0.15, 0.2) is 0 Å². The third kappa shape index (κ3) is 1.91. The molecule has 0 radical (unpaired) electrons. The van der Waals surface area contributed by atoms with Gasteiger partial charge in [0.05, 0.1) is 0 Å². The van der Waals surface area contributed by atoms with E-state index in [0.717, 1.165) is 5.56 Å². The minimum absolute atomic E-state index is 0.0997. The van der Waals surface area contributed by atoms with Crippen LogP contribution in [0, 0.1) is 5.41 Å². The van der Waals surface area contributed by atoms with Crippen LogP contribution >= 0.6 is 0 Å². The molecular weight excluding hydrogens is 162 g/mol. The molecule has 1 aromatic heterocycles. The molecule has 0 amide bonds. The molecule has 1 aromatic rings. The molecule has 13 heavy (non-hydrogen) atoms. The van der Waals surface area contributed by atoms with Gasteiger partial charge in [0, 0.05) is 29.9 Å². The van der Waals surface area contributed by atoms with E-state index in [1.54, 1.807) is 0 Å². The summed E-state index contributed by atoms with van der Waals surface area (Å²) in [7, 11) is 1.98. The van der Waals surface area contributed by atoms with Crippen LogP contribution < -0.4 is 5.73 Å². The molecule has 0 unspecified atom stereocenters. The zero-order chi connectivity index (χ0) is 10.2. The van der Waals surface area contributed by atoms with Crippen molar-refractivity contribution in [3.05, 3.63) is 23.5 Å². The lowest BCUT2D eigenvalue weighted by Crippen LogP contribution is -2.15. The molecule has 3 heteroatoms. The lowest BCUT2D eigenvalue weighted by atomic mass is 9.92. The van der Waals surface area contributed by atoms with Crippen molar-refractivity contribution in [1.29, 1.82) is 5.41 Å². The second-order valence-corrected chi connectivity index (χ2v) is 4.39. The summed E-state index contributed by atoms with van der Waals surface area (Å²) >= 11 is 0. The number of nitrogens with zero attached hydrogens (tertiary/aromatic N) is 1. The number of amidine groups is 1. The van der Waals surface area contributed by atoms with Gasteiger partial charge in [-0.15, -0.1) is 0 Å². The third-order valence-corrected chi connectivity index (χ3v) is 2.08. The van der Waals surface area contributed by atoms with E-state index in [1.165, 1.54) is 5.69 Å². The molecule has 1 heterocycles. The molecule has 0 saturated carbocycles. The third-order valence-electron chi connectivity index (χ3n) is 2.08. The van der Waals surface area contributed by atoms with Gasteiger partial charge in [-0.25, -0.2) is 0 Å². The van der Waals surface area contributed by atoms with Gasteiger partial charge in [-0.2, -0.15) is 0 Å². The number of aryl methyl sites for hydroxylation is 1. The summed E-state index contributed by atoms with van der Waals surface area (Å²) in [5, 5.41) is 7.31. The van der Waals surface area contributed by atoms with Crippen molar-refractivity contribution in [3.63, 3.8) is 0 Å². The molecule has 0 aliphatic heterocycles. The van der Waals surface area contributed by atoms with Gasteiger partial charge in [0.2, 0.25) is 0 Å². The summed E-state index contributed by atoms with van der Waals surface area (Å²) in [5.41, 5.74) is 7.50. The number of nitrogens with two attached hydrogens (primary N) is 1. The number of nitrogen functional groups attached to an aromatic ring is 1. The molecule has 0 atom stereocenters. The summed E-state index contributed by atoms with van der Waals surface area (Å²) in [6, 6.07) is 1.97. The predicted molar refractivity (Wildman–Crippen MR) is 55.1 cm³/mol. The van der Waals surface area contributed by atoms with E-state index < -0.39 is 0 Å². The van der Waals surface area contributed by atoms with Crippen LogP contribution in [0.1, 0.15) is 32.0 Å². The molecule has 72 valence electrons. The first-order chi connectivity index (χ1) is 5.82. The molecule has 0 aromatic carbocycles. The Hall–Kier alpha value is -1.25. The summed E-state index contributed by atoms with van der Waals surface area (Å²) in [4.78, 5) is 0. The highest BCUT2D eigenvalue weighted by Gasteiger charge is 2.18. The van der Waals surface area contributed by atoms with Gasteiger partial charge in [-0.1, -0.05) is 20.8 Å². The van der Waals surface area contributed by atoms with Gasteiger partial charge in [0.25, 0.3) is 0 Å². The lowest BCUT2D eigenvalue weighted by molar-refractivity contribution is 0.543. The lowest BCUT2D eigenvalue weighted by Gasteiger charge is -2.19. The van der Waals surface area contributed by atoms with Crippen molar-refractivity contribution in [2.45, 2.75) is 26.2 Å². The summed E-state index contributed by atoms with van der Waals surface area (Å²) in [6.07, 6.45) is 1.89. The first kappa shape index (κ1) is 9.84. The van der Waals surface area contributed by atoms with Gasteiger partial charge in [-0.05, 0) is 6.07 Å². The number of rotatable bonds is 1. The molecule has 0 spiro atoms. The maximum absolute atomic E-state index is 7.31. The number of aromatic nitrogens is 1. The summed E-state index contributed by atoms with van der Waals surface area (Å²) in [5.74, 6) is 0.131. The normalized spacial score (nSPS) is 11.7. The van der Waals surface area contributed by atoms with E-state index in [4.69, 9.17) is 11.1 Å². The Morgan fingerprint density at radius 3 is 2.23 bits per heavy atom. The van der Waals surface area contributed by atoms with Gasteiger partial charge >= 0.3 is 0 Å². The smallest absolute Gasteiger partial charge is 0.124 e. The topological polar surface area (TPSA) is 54.8 Å². The first-order valence-corrected chi connectivity index (χ1v) is 4.33. The van der Waals surface area contributed by atoms with Gasteiger partial charge < -0.3 is 10.3 Å². The summed E-state index contributed by atoms with van der Waals surface area (Å²) < 4.78 is 2.02. The predicted octanol–water partition coefficient (Wildman–Crippen LogP) is 1.61. The zero-order valence-corrected chi connectivity index (χ0v) is 8.68. The Kier molecular flexibility index (Phi) is 2.20. The largest absolute Gasteiger partial charge is 0.384 e. The average molecular weight is 179 g/mol. The average Bonchev–Trinajstić information content (AvgIpc) is 2.29. The molecule has 0 saturated heterocycles. The quantitative estimate of drug-likeness (QED) is 0.499. The fourth-order valence-corrected chi connectivity index (χ4v) is 1.46. The Labute approximate surface area is 79.1 Å². The van der Waals surface area contributed by atoms with Crippen molar-refractivity contribution in [3.8, 4) is 0 Å². The standard InChI is InChI=1S/C10H17N3/c1-10(2,3)8-5-7(9(11)12)6-13(8)4/h5-6H,1-4H3,(H3,11,12). The fraction of sp³-hybridized carbons (Fsp3) is 0.500. The second kappa shape index (κ2) is 2.91. The van der Waals surface area contributed by atoms with Crippen molar-refractivity contribution >= 4 is 5.84 Å². The Morgan fingerprint density at radius 1 is 1.46 bits per heavy atom. The van der Waals surface area contributed by atoms with Gasteiger partial charge in [0.1, 0.15) is 5.84 Å². The first-order valence-electron chi connectivity index (χ1n) is 4.33. The molecule has 0 bridgehead atoms. The van der Waals surface area contributed by atoms with Crippen molar-refractivity contribution in [2.24, 2.45) is 12.8 Å².